The van der Waals surface area contributed by atoms with E-state index in [1.165, 1.54) is 114 Å². The van der Waals surface area contributed by atoms with Crippen molar-refractivity contribution in [2.24, 2.45) is 0 Å². The van der Waals surface area contributed by atoms with Crippen molar-refractivity contribution >= 4 is 17.7 Å². The van der Waals surface area contributed by atoms with Crippen LogP contribution in [0, 0.1) is 0 Å². The Morgan fingerprint density at radius 1 is 0.371 bits per heavy atom. The van der Waals surface area contributed by atoms with Gasteiger partial charge in [-0.15, -0.1) is 10.9 Å². The van der Waals surface area contributed by atoms with Crippen molar-refractivity contribution in [2.75, 3.05) is 25.6 Å². The third-order valence-electron chi connectivity index (χ3n) is 6.54. The van der Waals surface area contributed by atoms with Gasteiger partial charge in [0.25, 0.3) is 6.72 Å². The molecule has 0 saturated heterocycles. The van der Waals surface area contributed by atoms with E-state index in [1.807, 2.05) is 0 Å². The molecule has 0 aromatic heterocycles. The third-order valence-corrected chi connectivity index (χ3v) is 11.6. The summed E-state index contributed by atoms with van der Waals surface area (Å²) < 4.78 is 19.0. The monoisotopic (exact) mass is 536 g/mol. The van der Waals surface area contributed by atoms with Gasteiger partial charge in [0.15, 0.2) is 0 Å². The number of hydrogen-bond acceptors (Lipinski definition) is 3. The molecule has 0 radical (unpaired) electrons. The quantitative estimate of drug-likeness (QED) is 0.0585. The highest BCUT2D eigenvalue weighted by molar-refractivity contribution is 8.17. The second kappa shape index (κ2) is 29.2. The first-order valence-electron chi connectivity index (χ1n) is 15.8. The minimum atomic E-state index is -2.20. The standard InChI is InChI=1S/C30H65O3PS/c1-5-9-13-14-15-16-17-18-19-20-21-22-23-24-25-26-30-35-34(31-27-10-6-2,32-28-11-7-3)33-29-12-8-4/h35H,5-30H2,1-4H3. The Bertz CT molecular complexity index is 426. The molecule has 0 spiro atoms. The van der Waals surface area contributed by atoms with E-state index in [4.69, 9.17) is 13.6 Å². The first kappa shape index (κ1) is 35.7. The average molecular weight is 537 g/mol. The molecular formula is C30H65O3PS. The normalized spacial score (nSPS) is 12.0. The van der Waals surface area contributed by atoms with Gasteiger partial charge in [0.2, 0.25) is 0 Å². The van der Waals surface area contributed by atoms with E-state index in [-0.39, 0.29) is 0 Å². The van der Waals surface area contributed by atoms with Crippen LogP contribution in [0.5, 0.6) is 0 Å². The summed E-state index contributed by atoms with van der Waals surface area (Å²) in [6.45, 7) is 9.06. The summed E-state index contributed by atoms with van der Waals surface area (Å²) in [5.74, 6) is 1.15. The van der Waals surface area contributed by atoms with E-state index in [0.29, 0.717) is 0 Å². The zero-order valence-electron chi connectivity index (χ0n) is 24.5. The molecule has 35 heavy (non-hydrogen) atoms. The number of unbranched alkanes of at least 4 members (excludes halogenated alkanes) is 18. The van der Waals surface area contributed by atoms with Crippen molar-refractivity contribution in [2.45, 2.75) is 169 Å². The Morgan fingerprint density at radius 3 is 0.971 bits per heavy atom. The van der Waals surface area contributed by atoms with Crippen LogP contribution in [0.4, 0.5) is 0 Å². The Hall–Kier alpha value is 0.660. The van der Waals surface area contributed by atoms with Crippen molar-refractivity contribution in [3.8, 4) is 0 Å². The fourth-order valence-corrected chi connectivity index (χ4v) is 8.85. The van der Waals surface area contributed by atoms with E-state index in [0.717, 1.165) is 64.1 Å². The van der Waals surface area contributed by atoms with E-state index >= 15 is 0 Å². The lowest BCUT2D eigenvalue weighted by Gasteiger charge is -2.26. The molecule has 5 heteroatoms. The van der Waals surface area contributed by atoms with Gasteiger partial charge in [0, 0.05) is 0 Å². The summed E-state index contributed by atoms with van der Waals surface area (Å²) in [6, 6.07) is 0. The lowest BCUT2D eigenvalue weighted by Crippen LogP contribution is -2.06. The van der Waals surface area contributed by atoms with Gasteiger partial charge in [-0.3, -0.25) is 0 Å². The van der Waals surface area contributed by atoms with Crippen molar-refractivity contribution in [1.82, 2.24) is 0 Å². The van der Waals surface area contributed by atoms with E-state index in [2.05, 4.69) is 27.7 Å². The average Bonchev–Trinajstić information content (AvgIpc) is 2.86. The zero-order chi connectivity index (χ0) is 25.7. The molecule has 0 unspecified atom stereocenters. The first-order chi connectivity index (χ1) is 17.2. The molecule has 0 heterocycles. The largest absolute Gasteiger partial charge is 0.313 e. The van der Waals surface area contributed by atoms with Crippen LogP contribution in [-0.4, -0.2) is 25.6 Å². The van der Waals surface area contributed by atoms with Crippen molar-refractivity contribution < 1.29 is 13.6 Å². The van der Waals surface area contributed by atoms with Gasteiger partial charge in [0.1, 0.15) is 0 Å². The van der Waals surface area contributed by atoms with Gasteiger partial charge in [-0.1, -0.05) is 143 Å². The van der Waals surface area contributed by atoms with Crippen LogP contribution in [0.3, 0.4) is 0 Å². The molecule has 0 bridgehead atoms. The summed E-state index contributed by atoms with van der Waals surface area (Å²) in [7, 11) is 1.27. The SMILES string of the molecule is CCCCCCCCCCCCCCCCCC[SH]=P(OCCCC)(OCCCC)OCCCC. The van der Waals surface area contributed by atoms with E-state index in [9.17, 15) is 0 Å². The van der Waals surface area contributed by atoms with Crippen LogP contribution >= 0.6 is 6.72 Å². The Labute approximate surface area is 225 Å². The van der Waals surface area contributed by atoms with Gasteiger partial charge in [0.05, 0.1) is 19.8 Å². The van der Waals surface area contributed by atoms with Gasteiger partial charge in [-0.05, 0) is 31.4 Å². The summed E-state index contributed by atoms with van der Waals surface area (Å²) in [4.78, 5) is 0. The van der Waals surface area contributed by atoms with Gasteiger partial charge in [-0.25, -0.2) is 0 Å². The topological polar surface area (TPSA) is 27.7 Å². The third kappa shape index (κ3) is 24.7. The predicted molar refractivity (Wildman–Crippen MR) is 163 cm³/mol. The fourth-order valence-electron chi connectivity index (χ4n) is 4.06. The van der Waals surface area contributed by atoms with Crippen LogP contribution in [0.25, 0.3) is 0 Å². The number of thiol groups is 1. The van der Waals surface area contributed by atoms with Crippen LogP contribution in [-0.2, 0) is 24.5 Å². The lowest BCUT2D eigenvalue weighted by molar-refractivity contribution is 0.152. The molecule has 0 N–H and O–H groups in total. The van der Waals surface area contributed by atoms with Crippen LogP contribution in [0.15, 0.2) is 0 Å². The molecule has 0 saturated carbocycles. The maximum atomic E-state index is 6.35. The van der Waals surface area contributed by atoms with Crippen LogP contribution < -0.4 is 0 Å². The maximum absolute atomic E-state index is 6.35. The molecule has 0 fully saturated rings. The Morgan fingerprint density at radius 2 is 0.657 bits per heavy atom. The molecule has 214 valence electrons. The van der Waals surface area contributed by atoms with Gasteiger partial charge in [-0.2, -0.15) is 0 Å². The molecule has 0 rings (SSSR count). The fraction of sp³-hybridized carbons (Fsp3) is 1.00. The van der Waals surface area contributed by atoms with Gasteiger partial charge < -0.3 is 13.6 Å². The predicted octanol–water partition coefficient (Wildman–Crippen LogP) is 11.2. The minimum Gasteiger partial charge on any atom is -0.313 e. The summed E-state index contributed by atoms with van der Waals surface area (Å²) in [6.07, 6.45) is 29.4. The molecule has 0 aromatic carbocycles. The highest BCUT2D eigenvalue weighted by Gasteiger charge is 2.20. The van der Waals surface area contributed by atoms with Crippen molar-refractivity contribution in [1.29, 1.82) is 0 Å². The summed E-state index contributed by atoms with van der Waals surface area (Å²) in [5, 5.41) is 0. The highest BCUT2D eigenvalue weighted by atomic mass is 32.5. The second-order valence-electron chi connectivity index (χ2n) is 10.2. The molecule has 0 aliphatic rings. The highest BCUT2D eigenvalue weighted by Crippen LogP contribution is 2.52. The molecule has 0 aromatic rings. The van der Waals surface area contributed by atoms with E-state index in [1.54, 1.807) is 0 Å². The molecule has 0 atom stereocenters. The lowest BCUT2D eigenvalue weighted by atomic mass is 10.0. The molecule has 0 aliphatic heterocycles. The van der Waals surface area contributed by atoms with Crippen LogP contribution in [0.1, 0.15) is 169 Å². The Balaban J connectivity index is 4.01. The maximum Gasteiger partial charge on any atom is 0.282 e. The summed E-state index contributed by atoms with van der Waals surface area (Å²) >= 11 is 0. The second-order valence-corrected chi connectivity index (χ2v) is 15.0. The first-order valence-corrected chi connectivity index (χ1v) is 19.1. The minimum absolute atomic E-state index is 0.772. The zero-order valence-corrected chi connectivity index (χ0v) is 26.3. The van der Waals surface area contributed by atoms with Crippen molar-refractivity contribution in [3.05, 3.63) is 0 Å². The molecular weight excluding hydrogens is 471 g/mol. The van der Waals surface area contributed by atoms with Gasteiger partial charge >= 0.3 is 0 Å². The number of hydrogen-bond donors (Lipinski definition) is 1. The van der Waals surface area contributed by atoms with Crippen molar-refractivity contribution in [3.63, 3.8) is 0 Å². The molecule has 3 nitrogen and oxygen atoms in total. The molecule has 0 amide bonds. The Kier molecular flexibility index (Phi) is 29.8. The number of rotatable bonds is 29. The smallest absolute Gasteiger partial charge is 0.282 e. The molecule has 0 aliphatic carbocycles. The van der Waals surface area contributed by atoms with Crippen LogP contribution in [0.2, 0.25) is 0 Å². The summed E-state index contributed by atoms with van der Waals surface area (Å²) in [5.41, 5.74) is 0. The van der Waals surface area contributed by atoms with E-state index < -0.39 is 6.72 Å².